The minimum absolute atomic E-state index is 0.235. The lowest BCUT2D eigenvalue weighted by atomic mass is 10.1. The van der Waals surface area contributed by atoms with Crippen LogP contribution in [0.2, 0.25) is 0 Å². The molecule has 0 spiro atoms. The molecule has 2 aromatic carbocycles. The summed E-state index contributed by atoms with van der Waals surface area (Å²) in [6.45, 7) is 7.41. The average Bonchev–Trinajstić information content (AvgIpc) is 2.56. The van der Waals surface area contributed by atoms with Crippen LogP contribution >= 0.6 is 0 Å². The van der Waals surface area contributed by atoms with E-state index in [4.69, 9.17) is 13.3 Å². The van der Waals surface area contributed by atoms with Crippen molar-refractivity contribution in [3.8, 4) is 11.1 Å². The zero-order valence-electron chi connectivity index (χ0n) is 13.8. The molecule has 3 nitrogen and oxygen atoms in total. The van der Waals surface area contributed by atoms with E-state index in [1.165, 1.54) is 12.1 Å². The second-order valence-corrected chi connectivity index (χ2v) is 7.50. The van der Waals surface area contributed by atoms with E-state index in [9.17, 15) is 4.39 Å². The van der Waals surface area contributed by atoms with Crippen molar-refractivity contribution >= 4 is 14.0 Å². The lowest BCUT2D eigenvalue weighted by Crippen LogP contribution is -2.56. The Labute approximate surface area is 138 Å². The maximum atomic E-state index is 13.0. The maximum absolute atomic E-state index is 13.0. The molecule has 0 aliphatic carbocycles. The van der Waals surface area contributed by atoms with Crippen molar-refractivity contribution in [2.24, 2.45) is 0 Å². The lowest BCUT2D eigenvalue weighted by Gasteiger charge is -2.28. The molecule has 0 saturated carbocycles. The Balaban J connectivity index is 2.32. The molecule has 0 aliphatic rings. The summed E-state index contributed by atoms with van der Waals surface area (Å²) in [5.74, 6) is -0.235. The predicted octanol–water partition coefficient (Wildman–Crippen LogP) is 3.75. The van der Waals surface area contributed by atoms with Crippen LogP contribution in [0.25, 0.3) is 11.1 Å². The molecule has 0 atom stereocenters. The summed E-state index contributed by atoms with van der Waals surface area (Å²) in [6.07, 6.45) is 0. The van der Waals surface area contributed by atoms with Crippen LogP contribution in [-0.4, -0.2) is 28.6 Å². The normalized spacial score (nSPS) is 11.7. The summed E-state index contributed by atoms with van der Waals surface area (Å²) in [5, 5.41) is 0.939. The monoisotopic (exact) mass is 334 g/mol. The van der Waals surface area contributed by atoms with Gasteiger partial charge in [-0.2, -0.15) is 0 Å². The molecule has 0 bridgehead atoms. The fourth-order valence-electron chi connectivity index (χ4n) is 2.45. The number of benzene rings is 2. The van der Waals surface area contributed by atoms with Crippen LogP contribution in [-0.2, 0) is 13.3 Å². The summed E-state index contributed by atoms with van der Waals surface area (Å²) in [4.78, 5) is 0. The van der Waals surface area contributed by atoms with Gasteiger partial charge in [0.15, 0.2) is 0 Å². The van der Waals surface area contributed by atoms with Gasteiger partial charge in [-0.15, -0.1) is 0 Å². The van der Waals surface area contributed by atoms with Gasteiger partial charge in [0.05, 0.1) is 0 Å². The van der Waals surface area contributed by atoms with Crippen molar-refractivity contribution < 1.29 is 17.7 Å². The number of hydrogen-bond donors (Lipinski definition) is 0. The molecule has 0 amide bonds. The highest BCUT2D eigenvalue weighted by Crippen LogP contribution is 2.20. The van der Waals surface area contributed by atoms with E-state index in [1.54, 1.807) is 12.1 Å². The Morgan fingerprint density at radius 1 is 0.696 bits per heavy atom. The van der Waals surface area contributed by atoms with Gasteiger partial charge in [0.2, 0.25) is 0 Å². The van der Waals surface area contributed by atoms with Crippen LogP contribution in [0.4, 0.5) is 4.39 Å². The first-order valence-electron chi connectivity index (χ1n) is 7.93. The van der Waals surface area contributed by atoms with Crippen molar-refractivity contribution in [2.75, 3.05) is 19.8 Å². The zero-order chi connectivity index (χ0) is 16.7. The number of hydrogen-bond acceptors (Lipinski definition) is 3. The second kappa shape index (κ2) is 8.36. The number of halogens is 1. The molecule has 0 radical (unpaired) electrons. The molecule has 0 aliphatic heterocycles. The Morgan fingerprint density at radius 2 is 1.09 bits per heavy atom. The van der Waals surface area contributed by atoms with Crippen molar-refractivity contribution in [1.82, 2.24) is 0 Å². The highest BCUT2D eigenvalue weighted by molar-refractivity contribution is 6.75. The summed E-state index contributed by atoms with van der Waals surface area (Å²) >= 11 is 0. The van der Waals surface area contributed by atoms with Gasteiger partial charge in [-0.1, -0.05) is 36.4 Å². The predicted molar refractivity (Wildman–Crippen MR) is 92.1 cm³/mol. The van der Waals surface area contributed by atoms with Gasteiger partial charge >= 0.3 is 8.80 Å². The fourth-order valence-corrected chi connectivity index (χ4v) is 4.92. The van der Waals surface area contributed by atoms with Crippen LogP contribution in [0.3, 0.4) is 0 Å². The molecular formula is C18H23FO3Si. The van der Waals surface area contributed by atoms with Crippen molar-refractivity contribution in [3.05, 3.63) is 54.3 Å². The van der Waals surface area contributed by atoms with E-state index >= 15 is 0 Å². The smallest absolute Gasteiger partial charge is 0.370 e. The minimum Gasteiger partial charge on any atom is -0.370 e. The van der Waals surface area contributed by atoms with Crippen molar-refractivity contribution in [3.63, 3.8) is 0 Å². The SMILES string of the molecule is CCO[Si](OCC)(OCC)c1ccc(-c2ccc(F)cc2)cc1. The molecule has 0 saturated heterocycles. The summed E-state index contributed by atoms with van der Waals surface area (Å²) in [6, 6.07) is 14.4. The maximum Gasteiger partial charge on any atom is 0.537 e. The largest absolute Gasteiger partial charge is 0.537 e. The van der Waals surface area contributed by atoms with Gasteiger partial charge in [0.25, 0.3) is 0 Å². The molecule has 0 heterocycles. The first-order chi connectivity index (χ1) is 11.1. The molecule has 23 heavy (non-hydrogen) atoms. The van der Waals surface area contributed by atoms with Gasteiger partial charge in [-0.25, -0.2) is 4.39 Å². The first-order valence-corrected chi connectivity index (χ1v) is 9.66. The third kappa shape index (κ3) is 4.26. The number of rotatable bonds is 8. The summed E-state index contributed by atoms with van der Waals surface area (Å²) < 4.78 is 30.7. The standard InChI is InChI=1S/C18H23FO3Si/c1-4-20-23(21-5-2,22-6-3)18-13-9-16(10-14-18)15-7-11-17(19)12-8-15/h7-14H,4-6H2,1-3H3. The molecule has 5 heteroatoms. The van der Waals surface area contributed by atoms with Crippen LogP contribution in [0.1, 0.15) is 20.8 Å². The molecule has 0 unspecified atom stereocenters. The third-order valence-corrected chi connectivity index (χ3v) is 6.47. The van der Waals surface area contributed by atoms with E-state index in [0.717, 1.165) is 16.3 Å². The first kappa shape index (κ1) is 17.8. The van der Waals surface area contributed by atoms with E-state index in [0.29, 0.717) is 19.8 Å². The fraction of sp³-hybridized carbons (Fsp3) is 0.333. The lowest BCUT2D eigenvalue weighted by molar-refractivity contribution is 0.0859. The Kier molecular flexibility index (Phi) is 6.47. The highest BCUT2D eigenvalue weighted by Gasteiger charge is 2.43. The van der Waals surface area contributed by atoms with Crippen LogP contribution in [0.5, 0.6) is 0 Å². The van der Waals surface area contributed by atoms with Gasteiger partial charge in [0.1, 0.15) is 5.82 Å². The summed E-state index contributed by atoms with van der Waals surface area (Å²) in [7, 11) is -2.86. The van der Waals surface area contributed by atoms with Crippen molar-refractivity contribution in [2.45, 2.75) is 20.8 Å². The average molecular weight is 334 g/mol. The Hall–Kier alpha value is -1.53. The minimum atomic E-state index is -2.86. The van der Waals surface area contributed by atoms with E-state index in [-0.39, 0.29) is 5.82 Å². The molecule has 2 aromatic rings. The van der Waals surface area contributed by atoms with Crippen LogP contribution < -0.4 is 5.19 Å². The van der Waals surface area contributed by atoms with Gasteiger partial charge in [-0.05, 0) is 44.0 Å². The Bertz CT molecular complexity index is 582. The highest BCUT2D eigenvalue weighted by atomic mass is 28.4. The molecule has 2 rings (SSSR count). The van der Waals surface area contributed by atoms with Gasteiger partial charge in [-0.3, -0.25) is 0 Å². The molecule has 0 N–H and O–H groups in total. The quantitative estimate of drug-likeness (QED) is 0.688. The van der Waals surface area contributed by atoms with Gasteiger partial charge < -0.3 is 13.3 Å². The Morgan fingerprint density at radius 3 is 1.48 bits per heavy atom. The summed E-state index contributed by atoms with van der Waals surface area (Å²) in [5.41, 5.74) is 1.98. The third-order valence-electron chi connectivity index (χ3n) is 3.42. The zero-order valence-corrected chi connectivity index (χ0v) is 14.8. The van der Waals surface area contributed by atoms with E-state index in [1.807, 2.05) is 45.0 Å². The second-order valence-electron chi connectivity index (χ2n) is 4.94. The van der Waals surface area contributed by atoms with Crippen LogP contribution in [0, 0.1) is 5.82 Å². The molecule has 124 valence electrons. The molecular weight excluding hydrogens is 311 g/mol. The molecule has 0 aromatic heterocycles. The molecule has 0 fully saturated rings. The van der Waals surface area contributed by atoms with Gasteiger partial charge in [0, 0.05) is 25.0 Å². The van der Waals surface area contributed by atoms with E-state index in [2.05, 4.69) is 0 Å². The van der Waals surface area contributed by atoms with Crippen LogP contribution in [0.15, 0.2) is 48.5 Å². The van der Waals surface area contributed by atoms with Crippen molar-refractivity contribution in [1.29, 1.82) is 0 Å². The van der Waals surface area contributed by atoms with E-state index < -0.39 is 8.80 Å². The topological polar surface area (TPSA) is 27.7 Å².